The molecule has 2 aromatic heterocycles. The molecule has 0 fully saturated rings. The maximum Gasteiger partial charge on any atom is 0.306 e. The Morgan fingerprint density at radius 1 is 1.29 bits per heavy atom. The van der Waals surface area contributed by atoms with Crippen molar-refractivity contribution in [3.8, 4) is 5.69 Å². The Labute approximate surface area is 208 Å². The van der Waals surface area contributed by atoms with Gasteiger partial charge in [-0.3, -0.25) is 9.59 Å². The molecule has 0 saturated carbocycles. The van der Waals surface area contributed by atoms with Gasteiger partial charge in [0.15, 0.2) is 0 Å². The van der Waals surface area contributed by atoms with E-state index in [0.29, 0.717) is 34.7 Å². The zero-order chi connectivity index (χ0) is 25.4. The van der Waals surface area contributed by atoms with Gasteiger partial charge in [0, 0.05) is 23.1 Å². The molecule has 1 amide bonds. The number of rotatable bonds is 10. The van der Waals surface area contributed by atoms with Crippen LogP contribution in [0.4, 0.5) is 4.39 Å². The van der Waals surface area contributed by atoms with E-state index in [1.54, 1.807) is 48.3 Å². The molecule has 3 rings (SSSR count). The van der Waals surface area contributed by atoms with Crippen molar-refractivity contribution in [3.05, 3.63) is 84.1 Å². The van der Waals surface area contributed by atoms with E-state index in [9.17, 15) is 14.0 Å². The van der Waals surface area contributed by atoms with Crippen LogP contribution in [0.5, 0.6) is 0 Å². The van der Waals surface area contributed by atoms with Crippen molar-refractivity contribution in [1.82, 2.24) is 20.1 Å². The summed E-state index contributed by atoms with van der Waals surface area (Å²) < 4.78 is 19.6. The first kappa shape index (κ1) is 25.9. The SMILES string of the molecule is C=Cc1c(/C(=C\C)C(=O)NC(C)c2ccnc(SCCC(=O)OC)c2)cnn1-c1ccc(F)cc1. The highest BCUT2D eigenvalue weighted by atomic mass is 32.2. The molecule has 35 heavy (non-hydrogen) atoms. The normalized spacial score (nSPS) is 12.2. The van der Waals surface area contributed by atoms with E-state index < -0.39 is 0 Å². The number of methoxy groups -OCH3 is 1. The molecule has 0 aliphatic carbocycles. The van der Waals surface area contributed by atoms with Crippen LogP contribution in [0.25, 0.3) is 17.3 Å². The Morgan fingerprint density at radius 2 is 2.03 bits per heavy atom. The van der Waals surface area contributed by atoms with E-state index in [1.807, 2.05) is 19.1 Å². The van der Waals surface area contributed by atoms with Crippen LogP contribution in [0.2, 0.25) is 0 Å². The number of allylic oxidation sites excluding steroid dienone is 1. The molecule has 1 atom stereocenters. The van der Waals surface area contributed by atoms with Crippen molar-refractivity contribution in [2.75, 3.05) is 12.9 Å². The molecule has 1 aromatic carbocycles. The van der Waals surface area contributed by atoms with Crippen LogP contribution in [0.1, 0.15) is 43.1 Å². The number of benzene rings is 1. The van der Waals surface area contributed by atoms with Crippen LogP contribution in [0.15, 0.2) is 66.5 Å². The number of carbonyl (C=O) groups excluding carboxylic acids is 2. The number of thioether (sulfide) groups is 1. The van der Waals surface area contributed by atoms with Crippen LogP contribution in [0, 0.1) is 5.82 Å². The Morgan fingerprint density at radius 3 is 2.69 bits per heavy atom. The Hall–Kier alpha value is -3.72. The summed E-state index contributed by atoms with van der Waals surface area (Å²) >= 11 is 1.45. The third kappa shape index (κ3) is 6.45. The van der Waals surface area contributed by atoms with E-state index in [2.05, 4.69) is 26.7 Å². The van der Waals surface area contributed by atoms with Gasteiger partial charge in [0.2, 0.25) is 0 Å². The van der Waals surface area contributed by atoms with E-state index in [4.69, 9.17) is 0 Å². The smallest absolute Gasteiger partial charge is 0.306 e. The number of amides is 1. The molecule has 0 aliphatic rings. The van der Waals surface area contributed by atoms with Gasteiger partial charge in [0.1, 0.15) is 5.82 Å². The third-order valence-corrected chi connectivity index (χ3v) is 6.21. The first-order valence-electron chi connectivity index (χ1n) is 11.0. The number of hydrogen-bond donors (Lipinski definition) is 1. The lowest BCUT2D eigenvalue weighted by Gasteiger charge is -2.16. The number of halogens is 1. The summed E-state index contributed by atoms with van der Waals surface area (Å²) in [5, 5.41) is 8.17. The van der Waals surface area contributed by atoms with Gasteiger partial charge >= 0.3 is 5.97 Å². The number of nitrogens with one attached hydrogen (secondary N) is 1. The molecule has 9 heteroatoms. The summed E-state index contributed by atoms with van der Waals surface area (Å²) in [7, 11) is 1.36. The summed E-state index contributed by atoms with van der Waals surface area (Å²) in [6.07, 6.45) is 6.91. The van der Waals surface area contributed by atoms with Gasteiger partial charge < -0.3 is 10.1 Å². The maximum atomic E-state index is 13.3. The number of pyridine rings is 1. The standard InChI is InChI=1S/C26H27FN4O3S/c1-5-21(22-16-29-31(23(22)6-2)20-9-7-19(27)8-10-20)26(33)30-17(3)18-11-13-28-24(15-18)35-14-12-25(32)34-4/h5-11,13,15-17H,2,12,14H2,1,3-4H3,(H,30,33)/b21-5+. The summed E-state index contributed by atoms with van der Waals surface area (Å²) in [6.45, 7) is 7.54. The largest absolute Gasteiger partial charge is 0.469 e. The van der Waals surface area contributed by atoms with Gasteiger partial charge in [0.25, 0.3) is 5.91 Å². The molecular formula is C26H27FN4O3S. The molecule has 3 aromatic rings. The fraction of sp³-hybridized carbons (Fsp3) is 0.231. The third-order valence-electron chi connectivity index (χ3n) is 5.28. The second kappa shape index (κ2) is 12.1. The summed E-state index contributed by atoms with van der Waals surface area (Å²) in [6, 6.07) is 9.37. The molecule has 0 bridgehead atoms. The highest BCUT2D eigenvalue weighted by molar-refractivity contribution is 7.99. The average Bonchev–Trinajstić information content (AvgIpc) is 3.28. The highest BCUT2D eigenvalue weighted by Gasteiger charge is 2.20. The van der Waals surface area contributed by atoms with Gasteiger partial charge in [-0.25, -0.2) is 14.1 Å². The van der Waals surface area contributed by atoms with E-state index in [0.717, 1.165) is 10.6 Å². The highest BCUT2D eigenvalue weighted by Crippen LogP contribution is 2.26. The molecule has 7 nitrogen and oxygen atoms in total. The Kier molecular flexibility index (Phi) is 8.97. The second-order valence-electron chi connectivity index (χ2n) is 7.54. The zero-order valence-electron chi connectivity index (χ0n) is 19.8. The Bertz CT molecular complexity index is 1240. The van der Waals surface area contributed by atoms with Crippen molar-refractivity contribution in [3.63, 3.8) is 0 Å². The number of aromatic nitrogens is 3. The van der Waals surface area contributed by atoms with Crippen LogP contribution < -0.4 is 5.32 Å². The molecule has 182 valence electrons. The molecule has 2 heterocycles. The van der Waals surface area contributed by atoms with Gasteiger partial charge in [-0.2, -0.15) is 5.10 Å². The predicted octanol–water partition coefficient (Wildman–Crippen LogP) is 4.99. The zero-order valence-corrected chi connectivity index (χ0v) is 20.6. The lowest BCUT2D eigenvalue weighted by Crippen LogP contribution is -2.27. The van der Waals surface area contributed by atoms with Gasteiger partial charge in [-0.1, -0.05) is 12.7 Å². The van der Waals surface area contributed by atoms with Crippen molar-refractivity contribution in [2.24, 2.45) is 0 Å². The lowest BCUT2D eigenvalue weighted by molar-refractivity contribution is -0.140. The van der Waals surface area contributed by atoms with Crippen LogP contribution in [-0.4, -0.2) is 39.5 Å². The monoisotopic (exact) mass is 494 g/mol. The summed E-state index contributed by atoms with van der Waals surface area (Å²) in [4.78, 5) is 28.8. The fourth-order valence-electron chi connectivity index (χ4n) is 3.43. The number of esters is 1. The average molecular weight is 495 g/mol. The molecule has 0 aliphatic heterocycles. The van der Waals surface area contributed by atoms with Crippen molar-refractivity contribution >= 4 is 35.3 Å². The van der Waals surface area contributed by atoms with Crippen LogP contribution in [-0.2, 0) is 14.3 Å². The minimum absolute atomic E-state index is 0.265. The quantitative estimate of drug-likeness (QED) is 0.243. The lowest BCUT2D eigenvalue weighted by atomic mass is 10.0. The fourth-order valence-corrected chi connectivity index (χ4v) is 4.26. The molecular weight excluding hydrogens is 467 g/mol. The van der Waals surface area contributed by atoms with E-state index in [-0.39, 0.29) is 23.7 Å². The van der Waals surface area contributed by atoms with Crippen LogP contribution >= 0.6 is 11.8 Å². The Balaban J connectivity index is 1.75. The van der Waals surface area contributed by atoms with Gasteiger partial charge in [-0.05, 0) is 61.9 Å². The first-order valence-corrected chi connectivity index (χ1v) is 12.0. The minimum Gasteiger partial charge on any atom is -0.469 e. The molecule has 0 saturated heterocycles. The summed E-state index contributed by atoms with van der Waals surface area (Å²) in [5.74, 6) is -0.326. The summed E-state index contributed by atoms with van der Waals surface area (Å²) in [5.41, 5.74) is 3.23. The first-order chi connectivity index (χ1) is 16.9. The molecule has 0 radical (unpaired) electrons. The van der Waals surface area contributed by atoms with E-state index in [1.165, 1.54) is 31.0 Å². The molecule has 0 spiro atoms. The van der Waals surface area contributed by atoms with Crippen molar-refractivity contribution < 1.29 is 18.7 Å². The number of ether oxygens (including phenoxy) is 1. The van der Waals surface area contributed by atoms with Gasteiger partial charge in [-0.15, -0.1) is 11.8 Å². The molecule has 1 N–H and O–H groups in total. The van der Waals surface area contributed by atoms with Crippen molar-refractivity contribution in [1.29, 1.82) is 0 Å². The molecule has 1 unspecified atom stereocenters. The maximum absolute atomic E-state index is 13.3. The second-order valence-corrected chi connectivity index (χ2v) is 8.65. The van der Waals surface area contributed by atoms with Gasteiger partial charge in [0.05, 0.1) is 42.2 Å². The van der Waals surface area contributed by atoms with Crippen LogP contribution in [0.3, 0.4) is 0 Å². The van der Waals surface area contributed by atoms with Crippen molar-refractivity contribution in [2.45, 2.75) is 31.3 Å². The number of hydrogen-bond acceptors (Lipinski definition) is 6. The number of carbonyl (C=O) groups is 2. The topological polar surface area (TPSA) is 86.1 Å². The van der Waals surface area contributed by atoms with E-state index >= 15 is 0 Å². The minimum atomic E-state index is -0.343. The predicted molar refractivity (Wildman–Crippen MR) is 135 cm³/mol. The number of nitrogens with zero attached hydrogens (tertiary/aromatic N) is 3.